The lowest BCUT2D eigenvalue weighted by Crippen LogP contribution is -2.37. The Balaban J connectivity index is 2.66. The van der Waals surface area contributed by atoms with Gasteiger partial charge in [-0.1, -0.05) is 18.2 Å². The minimum atomic E-state index is -4.37. The number of aryl methyl sites for hydroxylation is 1. The normalized spacial score (nSPS) is 13.2. The molecular weight excluding hydrogens is 217 g/mol. The van der Waals surface area contributed by atoms with Crippen molar-refractivity contribution in [3.63, 3.8) is 0 Å². The minimum Gasteiger partial charge on any atom is -0.320 e. The van der Waals surface area contributed by atoms with Gasteiger partial charge >= 0.3 is 6.18 Å². The molecule has 0 unspecified atom stereocenters. The van der Waals surface area contributed by atoms with Crippen LogP contribution in [0.5, 0.6) is 0 Å². The highest BCUT2D eigenvalue weighted by Gasteiger charge is 2.36. The molecule has 0 aromatic heterocycles. The number of rotatable bonds is 3. The van der Waals surface area contributed by atoms with E-state index >= 15 is 0 Å². The number of nitriles is 1. The van der Waals surface area contributed by atoms with Gasteiger partial charge in [0.25, 0.3) is 0 Å². The first kappa shape index (κ1) is 12.5. The molecule has 2 N–H and O–H groups in total. The van der Waals surface area contributed by atoms with Gasteiger partial charge in [0.05, 0.1) is 11.6 Å². The number of nitrogens with zero attached hydrogens (tertiary/aromatic N) is 1. The molecule has 0 saturated heterocycles. The summed E-state index contributed by atoms with van der Waals surface area (Å²) in [4.78, 5) is 0. The van der Waals surface area contributed by atoms with Crippen molar-refractivity contribution in [3.8, 4) is 6.07 Å². The van der Waals surface area contributed by atoms with E-state index in [9.17, 15) is 13.2 Å². The van der Waals surface area contributed by atoms with E-state index in [0.717, 1.165) is 0 Å². The lowest BCUT2D eigenvalue weighted by molar-refractivity contribution is -0.148. The van der Waals surface area contributed by atoms with Gasteiger partial charge in [-0.05, 0) is 24.5 Å². The summed E-state index contributed by atoms with van der Waals surface area (Å²) >= 11 is 0. The molecule has 1 atom stereocenters. The summed E-state index contributed by atoms with van der Waals surface area (Å²) in [5.74, 6) is 0. The Morgan fingerprint density at radius 2 is 1.94 bits per heavy atom. The molecule has 0 amide bonds. The van der Waals surface area contributed by atoms with Crippen molar-refractivity contribution in [2.75, 3.05) is 0 Å². The minimum absolute atomic E-state index is 0.157. The predicted molar refractivity (Wildman–Crippen MR) is 53.5 cm³/mol. The average Bonchev–Trinajstić information content (AvgIpc) is 2.24. The Bertz CT molecular complexity index is 393. The van der Waals surface area contributed by atoms with Crippen LogP contribution in [0, 0.1) is 11.3 Å². The third-order valence-corrected chi connectivity index (χ3v) is 2.28. The molecule has 16 heavy (non-hydrogen) atoms. The number of hydrogen-bond donors (Lipinski definition) is 1. The van der Waals surface area contributed by atoms with Crippen LogP contribution < -0.4 is 5.73 Å². The van der Waals surface area contributed by atoms with E-state index in [0.29, 0.717) is 11.1 Å². The Hall–Kier alpha value is -1.54. The summed E-state index contributed by atoms with van der Waals surface area (Å²) in [5.41, 5.74) is 5.98. The van der Waals surface area contributed by atoms with Gasteiger partial charge in [0.15, 0.2) is 0 Å². The fourth-order valence-electron chi connectivity index (χ4n) is 1.32. The zero-order valence-corrected chi connectivity index (χ0v) is 8.46. The summed E-state index contributed by atoms with van der Waals surface area (Å²) in [7, 11) is 0. The van der Waals surface area contributed by atoms with E-state index < -0.39 is 12.2 Å². The third-order valence-electron chi connectivity index (χ3n) is 2.28. The van der Waals surface area contributed by atoms with Crippen molar-refractivity contribution >= 4 is 0 Å². The Labute approximate surface area is 91.5 Å². The zero-order chi connectivity index (χ0) is 12.2. The highest BCUT2D eigenvalue weighted by Crippen LogP contribution is 2.22. The summed E-state index contributed by atoms with van der Waals surface area (Å²) < 4.78 is 36.4. The van der Waals surface area contributed by atoms with E-state index in [1.54, 1.807) is 24.3 Å². The highest BCUT2D eigenvalue weighted by atomic mass is 19.4. The smallest absolute Gasteiger partial charge is 0.320 e. The van der Waals surface area contributed by atoms with Crippen molar-refractivity contribution in [2.24, 2.45) is 5.73 Å². The van der Waals surface area contributed by atoms with Crippen LogP contribution in [-0.2, 0) is 6.42 Å². The first-order valence-electron chi connectivity index (χ1n) is 4.75. The molecule has 1 aromatic rings. The number of hydrogen-bond acceptors (Lipinski definition) is 2. The van der Waals surface area contributed by atoms with Crippen molar-refractivity contribution < 1.29 is 13.2 Å². The molecule has 0 aliphatic rings. The van der Waals surface area contributed by atoms with Gasteiger partial charge in [-0.25, -0.2) is 0 Å². The molecule has 0 radical (unpaired) electrons. The summed E-state index contributed by atoms with van der Waals surface area (Å²) in [6.07, 6.45) is -4.42. The number of nitrogens with two attached hydrogens (primary N) is 1. The molecular formula is C11H11F3N2. The van der Waals surface area contributed by atoms with Gasteiger partial charge in [-0.15, -0.1) is 0 Å². The van der Waals surface area contributed by atoms with Crippen LogP contribution in [-0.4, -0.2) is 12.2 Å². The molecule has 0 bridgehead atoms. The van der Waals surface area contributed by atoms with Gasteiger partial charge in [-0.3, -0.25) is 0 Å². The van der Waals surface area contributed by atoms with Crippen LogP contribution in [0.15, 0.2) is 24.3 Å². The molecule has 0 spiro atoms. The lowest BCUT2D eigenvalue weighted by atomic mass is 10.0. The number of halogens is 3. The second kappa shape index (κ2) is 4.99. The van der Waals surface area contributed by atoms with Crippen LogP contribution in [0.25, 0.3) is 0 Å². The molecule has 1 aromatic carbocycles. The molecule has 0 aliphatic carbocycles. The van der Waals surface area contributed by atoms with E-state index in [4.69, 9.17) is 11.0 Å². The van der Waals surface area contributed by atoms with E-state index in [1.807, 2.05) is 6.07 Å². The van der Waals surface area contributed by atoms with E-state index in [-0.39, 0.29) is 12.8 Å². The molecule has 2 nitrogen and oxygen atoms in total. The standard InChI is InChI=1S/C11H11F3N2/c12-11(13,14)10(16)6-5-8-3-1-2-4-9(8)7-15/h1-4,10H,5-6,16H2/t10-/m0/s1. The van der Waals surface area contributed by atoms with Gasteiger partial charge in [0.1, 0.15) is 6.04 Å². The van der Waals surface area contributed by atoms with Crippen molar-refractivity contribution in [1.29, 1.82) is 5.26 Å². The Morgan fingerprint density at radius 3 is 2.50 bits per heavy atom. The maximum Gasteiger partial charge on any atom is 0.403 e. The first-order valence-corrected chi connectivity index (χ1v) is 4.75. The molecule has 0 heterocycles. The van der Waals surface area contributed by atoms with Gasteiger partial charge in [0, 0.05) is 0 Å². The van der Waals surface area contributed by atoms with Crippen LogP contribution in [0.3, 0.4) is 0 Å². The van der Waals surface area contributed by atoms with Crippen molar-refractivity contribution in [1.82, 2.24) is 0 Å². The molecule has 86 valence electrons. The summed E-state index contributed by atoms with van der Waals surface area (Å²) in [6, 6.07) is 6.68. The van der Waals surface area contributed by atoms with E-state index in [1.165, 1.54) is 0 Å². The Kier molecular flexibility index (Phi) is 3.91. The topological polar surface area (TPSA) is 49.8 Å². The monoisotopic (exact) mass is 228 g/mol. The Morgan fingerprint density at radius 1 is 1.31 bits per heavy atom. The molecule has 0 saturated carbocycles. The van der Waals surface area contributed by atoms with Crippen molar-refractivity contribution in [2.45, 2.75) is 25.1 Å². The zero-order valence-electron chi connectivity index (χ0n) is 8.46. The summed E-state index contributed by atoms with van der Waals surface area (Å²) in [5, 5.41) is 8.74. The van der Waals surface area contributed by atoms with Gasteiger partial charge in [-0.2, -0.15) is 18.4 Å². The highest BCUT2D eigenvalue weighted by molar-refractivity contribution is 5.37. The maximum absolute atomic E-state index is 12.1. The quantitative estimate of drug-likeness (QED) is 0.863. The molecule has 1 rings (SSSR count). The fraction of sp³-hybridized carbons (Fsp3) is 0.364. The molecule has 0 aliphatic heterocycles. The largest absolute Gasteiger partial charge is 0.403 e. The number of benzene rings is 1. The predicted octanol–water partition coefficient (Wildman–Crippen LogP) is 2.38. The maximum atomic E-state index is 12.1. The second-order valence-corrected chi connectivity index (χ2v) is 3.46. The van der Waals surface area contributed by atoms with Gasteiger partial charge < -0.3 is 5.73 Å². The lowest BCUT2D eigenvalue weighted by Gasteiger charge is -2.15. The SMILES string of the molecule is N#Cc1ccccc1CC[C@H](N)C(F)(F)F. The van der Waals surface area contributed by atoms with E-state index in [2.05, 4.69) is 0 Å². The third kappa shape index (κ3) is 3.24. The van der Waals surface area contributed by atoms with Crippen LogP contribution >= 0.6 is 0 Å². The van der Waals surface area contributed by atoms with Crippen LogP contribution in [0.1, 0.15) is 17.5 Å². The van der Waals surface area contributed by atoms with Crippen LogP contribution in [0.2, 0.25) is 0 Å². The second-order valence-electron chi connectivity index (χ2n) is 3.46. The summed E-state index contributed by atoms with van der Waals surface area (Å²) in [6.45, 7) is 0. The first-order chi connectivity index (χ1) is 7.45. The average molecular weight is 228 g/mol. The van der Waals surface area contributed by atoms with Crippen LogP contribution in [0.4, 0.5) is 13.2 Å². The molecule has 5 heteroatoms. The fourth-order valence-corrected chi connectivity index (χ4v) is 1.32. The number of alkyl halides is 3. The molecule has 0 fully saturated rings. The van der Waals surface area contributed by atoms with Crippen molar-refractivity contribution in [3.05, 3.63) is 35.4 Å². The van der Waals surface area contributed by atoms with Gasteiger partial charge in [0.2, 0.25) is 0 Å².